The average Bonchev–Trinajstić information content (AvgIpc) is 2.55. The predicted octanol–water partition coefficient (Wildman–Crippen LogP) is 2.12. The van der Waals surface area contributed by atoms with Crippen molar-refractivity contribution in [3.63, 3.8) is 0 Å². The molecular formula is C11H14N2O3S. The highest BCUT2D eigenvalue weighted by atomic mass is 32.1. The molecule has 0 atom stereocenters. The predicted molar refractivity (Wildman–Crippen MR) is 66.2 cm³/mol. The van der Waals surface area contributed by atoms with E-state index >= 15 is 0 Å². The molecule has 92 valence electrons. The van der Waals surface area contributed by atoms with Crippen LogP contribution in [-0.4, -0.2) is 22.0 Å². The minimum atomic E-state index is -1.09. The highest BCUT2D eigenvalue weighted by Crippen LogP contribution is 2.21. The Hall–Kier alpha value is -1.69. The molecule has 0 aromatic carbocycles. The minimum Gasteiger partial charge on any atom is -0.478 e. The molecule has 5 nitrogen and oxygen atoms in total. The van der Waals surface area contributed by atoms with Crippen molar-refractivity contribution >= 4 is 28.3 Å². The van der Waals surface area contributed by atoms with Crippen molar-refractivity contribution in [1.29, 1.82) is 0 Å². The summed E-state index contributed by atoms with van der Waals surface area (Å²) >= 11 is 1.37. The van der Waals surface area contributed by atoms with E-state index < -0.39 is 11.9 Å². The van der Waals surface area contributed by atoms with E-state index in [0.717, 1.165) is 10.6 Å². The smallest absolute Gasteiger partial charge is 0.331 e. The maximum Gasteiger partial charge on any atom is 0.331 e. The number of hydrogen-bond donors (Lipinski definition) is 2. The topological polar surface area (TPSA) is 79.3 Å². The summed E-state index contributed by atoms with van der Waals surface area (Å²) < 4.78 is 0. The molecule has 1 aromatic heterocycles. The van der Waals surface area contributed by atoms with Gasteiger partial charge in [-0.2, -0.15) is 0 Å². The molecule has 17 heavy (non-hydrogen) atoms. The molecule has 0 aliphatic carbocycles. The molecule has 0 unspecified atom stereocenters. The van der Waals surface area contributed by atoms with Crippen LogP contribution in [-0.2, 0) is 9.59 Å². The minimum absolute atomic E-state index is 0.0347. The second-order valence-corrected chi connectivity index (χ2v) is 4.87. The zero-order valence-corrected chi connectivity index (χ0v) is 10.9. The molecule has 1 rings (SSSR count). The second-order valence-electron chi connectivity index (χ2n) is 3.67. The maximum atomic E-state index is 11.7. The Morgan fingerprint density at radius 1 is 1.24 bits per heavy atom. The monoisotopic (exact) mass is 254 g/mol. The molecule has 2 N–H and O–H groups in total. The van der Waals surface area contributed by atoms with E-state index in [-0.39, 0.29) is 11.1 Å². The van der Waals surface area contributed by atoms with Crippen molar-refractivity contribution in [2.24, 2.45) is 0 Å². The molecule has 1 amide bonds. The van der Waals surface area contributed by atoms with Crippen LogP contribution in [0.25, 0.3) is 0 Å². The highest BCUT2D eigenvalue weighted by Gasteiger charge is 2.14. The Balaban J connectivity index is 2.87. The molecule has 0 aliphatic heterocycles. The number of thiazole rings is 1. The van der Waals surface area contributed by atoms with Crippen LogP contribution in [0.4, 0.5) is 5.13 Å². The fraction of sp³-hybridized carbons (Fsp3) is 0.364. The number of anilines is 1. The Bertz CT molecular complexity index is 483. The summed E-state index contributed by atoms with van der Waals surface area (Å²) in [5.41, 5.74) is 1.08. The number of carbonyl (C=O) groups excluding carboxylic acids is 1. The second kappa shape index (κ2) is 5.09. The Labute approximate surface area is 103 Å². The number of aromatic nitrogens is 1. The van der Waals surface area contributed by atoms with Gasteiger partial charge in [-0.05, 0) is 27.7 Å². The first-order valence-corrected chi connectivity index (χ1v) is 5.80. The van der Waals surface area contributed by atoms with Crippen molar-refractivity contribution in [3.05, 3.63) is 21.7 Å². The van der Waals surface area contributed by atoms with Gasteiger partial charge in [0.1, 0.15) is 0 Å². The van der Waals surface area contributed by atoms with Gasteiger partial charge in [-0.3, -0.25) is 10.1 Å². The van der Waals surface area contributed by atoms with Crippen molar-refractivity contribution in [2.75, 3.05) is 5.32 Å². The third kappa shape index (κ3) is 3.13. The Kier molecular flexibility index (Phi) is 4.01. The molecule has 0 saturated heterocycles. The number of carboxylic acid groups (broad SMARTS) is 1. The molecule has 1 heterocycles. The van der Waals surface area contributed by atoms with Crippen molar-refractivity contribution in [1.82, 2.24) is 4.98 Å². The fourth-order valence-electron chi connectivity index (χ4n) is 1.05. The molecule has 6 heteroatoms. The number of rotatable bonds is 3. The Morgan fingerprint density at radius 2 is 1.82 bits per heavy atom. The van der Waals surface area contributed by atoms with Crippen LogP contribution >= 0.6 is 11.3 Å². The third-order valence-electron chi connectivity index (χ3n) is 2.47. The normalized spacial score (nSPS) is 12.0. The zero-order chi connectivity index (χ0) is 13.2. The summed E-state index contributed by atoms with van der Waals surface area (Å²) in [7, 11) is 0. The van der Waals surface area contributed by atoms with E-state index in [1.54, 1.807) is 0 Å². The van der Waals surface area contributed by atoms with Crippen LogP contribution in [0, 0.1) is 13.8 Å². The number of aryl methyl sites for hydroxylation is 2. The summed E-state index contributed by atoms with van der Waals surface area (Å²) in [4.78, 5) is 27.6. The molecule has 0 aliphatic rings. The van der Waals surface area contributed by atoms with E-state index in [1.807, 2.05) is 13.8 Å². The number of hydrogen-bond acceptors (Lipinski definition) is 4. The number of amides is 1. The van der Waals surface area contributed by atoms with Gasteiger partial charge in [0.15, 0.2) is 5.13 Å². The maximum absolute atomic E-state index is 11.7. The van der Waals surface area contributed by atoms with Crippen LogP contribution in [0.5, 0.6) is 0 Å². The van der Waals surface area contributed by atoms with Gasteiger partial charge in [-0.25, -0.2) is 9.78 Å². The lowest BCUT2D eigenvalue weighted by molar-refractivity contribution is -0.133. The van der Waals surface area contributed by atoms with Gasteiger partial charge in [-0.15, -0.1) is 11.3 Å². The fourth-order valence-corrected chi connectivity index (χ4v) is 1.86. The first kappa shape index (κ1) is 13.4. The van der Waals surface area contributed by atoms with E-state index in [9.17, 15) is 9.59 Å². The quantitative estimate of drug-likeness (QED) is 0.810. The van der Waals surface area contributed by atoms with Crippen LogP contribution in [0.1, 0.15) is 24.4 Å². The lowest BCUT2D eigenvalue weighted by Gasteiger charge is -2.03. The summed E-state index contributed by atoms with van der Waals surface area (Å²) in [6, 6.07) is 0. The Morgan fingerprint density at radius 3 is 2.24 bits per heavy atom. The van der Waals surface area contributed by atoms with Gasteiger partial charge in [0.25, 0.3) is 5.91 Å². The van der Waals surface area contributed by atoms with Gasteiger partial charge >= 0.3 is 5.97 Å². The first-order valence-electron chi connectivity index (χ1n) is 4.99. The lowest BCUT2D eigenvalue weighted by atomic mass is 10.1. The van der Waals surface area contributed by atoms with Crippen molar-refractivity contribution < 1.29 is 14.7 Å². The van der Waals surface area contributed by atoms with E-state index in [4.69, 9.17) is 5.11 Å². The lowest BCUT2D eigenvalue weighted by Crippen LogP contribution is -2.16. The van der Waals surface area contributed by atoms with E-state index in [2.05, 4.69) is 10.3 Å². The van der Waals surface area contributed by atoms with Gasteiger partial charge in [0.05, 0.1) is 5.69 Å². The number of carboxylic acids is 1. The molecule has 0 spiro atoms. The summed E-state index contributed by atoms with van der Waals surface area (Å²) in [5, 5.41) is 11.8. The highest BCUT2D eigenvalue weighted by molar-refractivity contribution is 7.15. The first-order chi connectivity index (χ1) is 7.82. The number of aliphatic carboxylic acids is 1. The van der Waals surface area contributed by atoms with Crippen LogP contribution < -0.4 is 5.32 Å². The average molecular weight is 254 g/mol. The van der Waals surface area contributed by atoms with Gasteiger partial charge in [0.2, 0.25) is 0 Å². The van der Waals surface area contributed by atoms with E-state index in [1.165, 1.54) is 25.2 Å². The number of nitrogens with zero attached hydrogens (tertiary/aromatic N) is 1. The number of nitrogens with one attached hydrogen (secondary N) is 1. The zero-order valence-electron chi connectivity index (χ0n) is 10.1. The van der Waals surface area contributed by atoms with Crippen LogP contribution in [0.2, 0.25) is 0 Å². The van der Waals surface area contributed by atoms with Crippen molar-refractivity contribution in [3.8, 4) is 0 Å². The van der Waals surface area contributed by atoms with Crippen molar-refractivity contribution in [2.45, 2.75) is 27.7 Å². The standard InChI is InChI=1S/C11H14N2O3S/c1-5(6(2)10(15)16)9(14)13-11-12-7(3)8(4)17-11/h1-4H3,(H,15,16)(H,12,13,14). The SMILES string of the molecule is CC(C(=O)O)=C(C)C(=O)Nc1nc(C)c(C)s1. The van der Waals surface area contributed by atoms with E-state index in [0.29, 0.717) is 5.13 Å². The summed E-state index contributed by atoms with van der Waals surface area (Å²) in [6.07, 6.45) is 0. The molecular weight excluding hydrogens is 240 g/mol. The van der Waals surface area contributed by atoms with Gasteiger partial charge < -0.3 is 5.11 Å². The largest absolute Gasteiger partial charge is 0.478 e. The molecule has 0 radical (unpaired) electrons. The van der Waals surface area contributed by atoms with Crippen LogP contribution in [0.3, 0.4) is 0 Å². The summed E-state index contributed by atoms with van der Waals surface area (Å²) in [5.74, 6) is -1.53. The molecule has 1 aromatic rings. The summed E-state index contributed by atoms with van der Waals surface area (Å²) in [6.45, 7) is 6.64. The molecule has 0 fully saturated rings. The number of carbonyl (C=O) groups is 2. The van der Waals surface area contributed by atoms with Gasteiger partial charge in [-0.1, -0.05) is 0 Å². The third-order valence-corrected chi connectivity index (χ3v) is 3.46. The molecule has 0 bridgehead atoms. The molecule has 0 saturated carbocycles. The van der Waals surface area contributed by atoms with Crippen LogP contribution in [0.15, 0.2) is 11.1 Å². The van der Waals surface area contributed by atoms with Gasteiger partial charge in [0, 0.05) is 16.0 Å².